The van der Waals surface area contributed by atoms with Gasteiger partial charge in [-0.2, -0.15) is 0 Å². The van der Waals surface area contributed by atoms with Gasteiger partial charge in [0.05, 0.1) is 0 Å². The summed E-state index contributed by atoms with van der Waals surface area (Å²) in [4.78, 5) is 34.2. The van der Waals surface area contributed by atoms with E-state index in [1.165, 1.54) is 0 Å². The molecule has 0 spiro atoms. The summed E-state index contributed by atoms with van der Waals surface area (Å²) in [7, 11) is 0. The smallest absolute Gasteiger partial charge is 0.246 e. The van der Waals surface area contributed by atoms with E-state index in [0.717, 1.165) is 6.29 Å². The molecule has 0 aromatic heterocycles. The van der Waals surface area contributed by atoms with Gasteiger partial charge in [0.15, 0.2) is 0 Å². The maximum Gasteiger partial charge on any atom is 0.246 e. The third-order valence-corrected chi connectivity index (χ3v) is 2.46. The third-order valence-electron chi connectivity index (χ3n) is 2.46. The van der Waals surface area contributed by atoms with Gasteiger partial charge in [-0.1, -0.05) is 19.9 Å². The Morgan fingerprint density at radius 1 is 1.56 bits per heavy atom. The average molecular weight is 256 g/mol. The van der Waals surface area contributed by atoms with Gasteiger partial charge in [-0.15, -0.1) is 0 Å². The lowest BCUT2D eigenvalue weighted by Crippen LogP contribution is -2.39. The fraction of sp³-hybridized carbons (Fsp3) is 0.615. The first-order valence-corrected chi connectivity index (χ1v) is 6.34. The molecule has 0 aromatic carbocycles. The first-order chi connectivity index (χ1) is 8.65. The van der Waals surface area contributed by atoms with Gasteiger partial charge in [-0.3, -0.25) is 9.59 Å². The maximum absolute atomic E-state index is 11.3. The zero-order valence-corrected chi connectivity index (χ0v) is 11.3. The van der Waals surface area contributed by atoms with Crippen molar-refractivity contribution in [3.8, 4) is 0 Å². The Morgan fingerprint density at radius 3 is 2.72 bits per heavy atom. The molecule has 0 bridgehead atoms. The first-order valence-electron chi connectivity index (χ1n) is 6.34. The monoisotopic (exact) mass is 256 g/mol. The topological polar surface area (TPSA) is 66.5 Å². The molecule has 0 aliphatic carbocycles. The molecule has 5 nitrogen and oxygen atoms in total. The normalized spacial score (nSPS) is 17.2. The number of hydrogen-bond donors (Lipinski definition) is 1. The lowest BCUT2D eigenvalue weighted by molar-refractivity contribution is -0.127. The van der Waals surface area contributed by atoms with Gasteiger partial charge in [-0.05, 0) is 6.92 Å². The second-order valence-corrected chi connectivity index (χ2v) is 3.69. The quantitative estimate of drug-likeness (QED) is 0.725. The lowest BCUT2D eigenvalue weighted by atomic mass is 10.3. The van der Waals surface area contributed by atoms with Crippen LogP contribution in [0.4, 0.5) is 0 Å². The summed E-state index contributed by atoms with van der Waals surface area (Å²) in [5, 5.41) is 2.67. The highest BCUT2D eigenvalue weighted by atomic mass is 16.2. The van der Waals surface area contributed by atoms with Crippen molar-refractivity contribution in [3.63, 3.8) is 0 Å². The Bertz CT molecular complexity index is 319. The van der Waals surface area contributed by atoms with E-state index in [-0.39, 0.29) is 32.1 Å². The number of nitrogens with one attached hydrogen (secondary N) is 1. The van der Waals surface area contributed by atoms with Gasteiger partial charge in [0.25, 0.3) is 0 Å². The molecule has 104 valence electrons. The zero-order valence-electron chi connectivity index (χ0n) is 11.3. The van der Waals surface area contributed by atoms with Crippen molar-refractivity contribution in [2.45, 2.75) is 39.7 Å². The second-order valence-electron chi connectivity index (χ2n) is 3.69. The third kappa shape index (κ3) is 5.61. The number of carbonyl (C=O) groups excluding carboxylic acids is 3. The van der Waals surface area contributed by atoms with Crippen molar-refractivity contribution in [2.24, 2.45) is 0 Å². The van der Waals surface area contributed by atoms with Gasteiger partial charge in [0, 0.05) is 39.5 Å². The second kappa shape index (κ2) is 9.39. The minimum atomic E-state index is -0.153. The van der Waals surface area contributed by atoms with Crippen molar-refractivity contribution >= 4 is 18.1 Å². The number of carbonyl (C=O) groups is 3. The number of hydrogen-bond acceptors (Lipinski definition) is 3. The van der Waals surface area contributed by atoms with E-state index in [9.17, 15) is 14.4 Å². The van der Waals surface area contributed by atoms with E-state index >= 15 is 0 Å². The van der Waals surface area contributed by atoms with Gasteiger partial charge in [0.1, 0.15) is 6.29 Å². The number of rotatable bonds is 6. The van der Waals surface area contributed by atoms with E-state index < -0.39 is 0 Å². The molecule has 0 saturated heterocycles. The summed E-state index contributed by atoms with van der Waals surface area (Å²) in [6, 6.07) is 0.0966. The van der Waals surface area contributed by atoms with Crippen LogP contribution in [0.2, 0.25) is 0 Å². The Morgan fingerprint density at radius 2 is 2.22 bits per heavy atom. The van der Waals surface area contributed by atoms with Crippen molar-refractivity contribution < 1.29 is 15.8 Å². The highest BCUT2D eigenvalue weighted by Gasteiger charge is 2.21. The Hall–Kier alpha value is -1.65. The Balaban J connectivity index is 0. The maximum atomic E-state index is 11.3. The van der Waals surface area contributed by atoms with Gasteiger partial charge >= 0.3 is 0 Å². The minimum absolute atomic E-state index is 0. The summed E-state index contributed by atoms with van der Waals surface area (Å²) in [6.07, 6.45) is 4.54. The van der Waals surface area contributed by atoms with Crippen LogP contribution in [0.5, 0.6) is 0 Å². The summed E-state index contributed by atoms with van der Waals surface area (Å²) < 4.78 is 0. The summed E-state index contributed by atoms with van der Waals surface area (Å²) in [6.45, 7) is 6.85. The molecule has 0 fully saturated rings. The van der Waals surface area contributed by atoms with Crippen LogP contribution in [0.3, 0.4) is 0 Å². The highest BCUT2D eigenvalue weighted by molar-refractivity contribution is 5.90. The van der Waals surface area contributed by atoms with Crippen molar-refractivity contribution in [3.05, 3.63) is 12.2 Å². The molecule has 18 heavy (non-hydrogen) atoms. The van der Waals surface area contributed by atoms with Crippen LogP contribution in [-0.4, -0.2) is 42.1 Å². The number of aldehydes is 1. The molecule has 1 aliphatic rings. The van der Waals surface area contributed by atoms with Crippen molar-refractivity contribution in [1.82, 2.24) is 10.2 Å². The first kappa shape index (κ1) is 16.4. The molecule has 1 unspecified atom stereocenters. The summed E-state index contributed by atoms with van der Waals surface area (Å²) in [5.74, 6) is -0.172. The van der Waals surface area contributed by atoms with Crippen LogP contribution in [0, 0.1) is 0 Å². The molecule has 0 aromatic rings. The van der Waals surface area contributed by atoms with Gasteiger partial charge in [0.2, 0.25) is 11.8 Å². The van der Waals surface area contributed by atoms with Crippen molar-refractivity contribution in [1.29, 1.82) is 0 Å². The van der Waals surface area contributed by atoms with Crippen molar-refractivity contribution in [2.75, 3.05) is 13.1 Å². The predicted molar refractivity (Wildman–Crippen MR) is 72.1 cm³/mol. The molecular formula is C13H24N2O3. The predicted octanol–water partition coefficient (Wildman–Crippen LogP) is 1.14. The zero-order chi connectivity index (χ0) is 14.0. The van der Waals surface area contributed by atoms with E-state index in [0.29, 0.717) is 13.1 Å². The molecule has 0 saturated carbocycles. The van der Waals surface area contributed by atoms with Crippen LogP contribution < -0.4 is 5.32 Å². The highest BCUT2D eigenvalue weighted by Crippen LogP contribution is 2.08. The standard InChI is InChI=1S/C11H16N2O3.C2H6.H2/c1-9-4-5-11(16)13(9)7-6-12-10(15)3-2-8-14;1-2;/h4-5,8-9H,2-3,6-7H2,1H3,(H,12,15);1-2H3;1H. The molecule has 1 N–H and O–H groups in total. The molecule has 0 radical (unpaired) electrons. The van der Waals surface area contributed by atoms with Crippen LogP contribution in [-0.2, 0) is 14.4 Å². The van der Waals surface area contributed by atoms with Crippen LogP contribution >= 0.6 is 0 Å². The van der Waals surface area contributed by atoms with E-state index in [2.05, 4.69) is 5.32 Å². The molecule has 5 heteroatoms. The molecular weight excluding hydrogens is 232 g/mol. The minimum Gasteiger partial charge on any atom is -0.354 e. The number of amides is 2. The SMILES string of the molecule is CC.CC1C=CC(=O)N1CCNC(=O)CCC=O.[HH]. The Labute approximate surface area is 110 Å². The average Bonchev–Trinajstić information content (AvgIpc) is 2.70. The Kier molecular flexibility index (Phi) is 8.53. The van der Waals surface area contributed by atoms with Crippen LogP contribution in [0.1, 0.15) is 35.0 Å². The lowest BCUT2D eigenvalue weighted by Gasteiger charge is -2.21. The number of nitrogens with zero attached hydrogens (tertiary/aromatic N) is 1. The molecule has 1 atom stereocenters. The van der Waals surface area contributed by atoms with E-state index in [4.69, 9.17) is 0 Å². The molecule has 2 amide bonds. The van der Waals surface area contributed by atoms with Gasteiger partial charge < -0.3 is 15.0 Å². The van der Waals surface area contributed by atoms with Crippen LogP contribution in [0.15, 0.2) is 12.2 Å². The largest absolute Gasteiger partial charge is 0.354 e. The summed E-state index contributed by atoms with van der Waals surface area (Å²) in [5.41, 5.74) is 0. The molecule has 1 rings (SSSR count). The van der Waals surface area contributed by atoms with Gasteiger partial charge in [-0.25, -0.2) is 0 Å². The molecule has 1 heterocycles. The fourth-order valence-corrected chi connectivity index (χ4v) is 1.53. The van der Waals surface area contributed by atoms with E-state index in [1.54, 1.807) is 11.0 Å². The molecule has 1 aliphatic heterocycles. The fourth-order valence-electron chi connectivity index (χ4n) is 1.53. The van der Waals surface area contributed by atoms with E-state index in [1.807, 2.05) is 26.8 Å². The summed E-state index contributed by atoms with van der Waals surface area (Å²) >= 11 is 0. The van der Waals surface area contributed by atoms with Crippen LogP contribution in [0.25, 0.3) is 0 Å².